The Morgan fingerprint density at radius 2 is 0.840 bits per heavy atom. The van der Waals surface area contributed by atoms with Crippen LogP contribution in [0, 0.1) is 0 Å². The van der Waals surface area contributed by atoms with E-state index in [1.807, 2.05) is 6.07 Å². The fraction of sp³-hybridized carbons (Fsp3) is 0.364. The second kappa shape index (κ2) is 18.8. The minimum atomic E-state index is -0.368. The molecule has 2 N–H and O–H groups in total. The maximum atomic E-state index is 5.44. The van der Waals surface area contributed by atoms with Crippen LogP contribution in [-0.4, -0.2) is 34.5 Å². The largest absolute Gasteiger partial charge is 0.355 e. The third-order valence-electron chi connectivity index (χ3n) is 13.7. The summed E-state index contributed by atoms with van der Waals surface area (Å²) in [6.07, 6.45) is 0. The number of para-hydroxylation sites is 2. The summed E-state index contributed by atoms with van der Waals surface area (Å²) in [5.41, 5.74) is 11.7. The van der Waals surface area contributed by atoms with Gasteiger partial charge in [-0.1, -0.05) is 179 Å². The second-order valence-corrected chi connectivity index (χ2v) is 26.6. The first kappa shape index (κ1) is 52.6. The first-order chi connectivity index (χ1) is 34.9. The van der Waals surface area contributed by atoms with E-state index in [-0.39, 0.29) is 32.5 Å². The Morgan fingerprint density at radius 3 is 1.35 bits per heavy atom. The molecule has 9 rings (SSSR count). The molecule has 9 heteroatoms. The van der Waals surface area contributed by atoms with E-state index in [1.165, 1.54) is 16.5 Å². The monoisotopic (exact) mass is 996 g/mol. The van der Waals surface area contributed by atoms with Crippen molar-refractivity contribution in [3.63, 3.8) is 0 Å². The van der Waals surface area contributed by atoms with Gasteiger partial charge in [-0.25, -0.2) is 29.9 Å². The topological polar surface area (TPSA) is 106 Å². The average Bonchev–Trinajstić information content (AvgIpc) is 3.66. The van der Waals surface area contributed by atoms with Crippen molar-refractivity contribution in [1.29, 1.82) is 0 Å². The molecule has 6 aromatic carbocycles. The van der Waals surface area contributed by atoms with E-state index in [9.17, 15) is 0 Å². The van der Waals surface area contributed by atoms with Crippen LogP contribution in [0.5, 0.6) is 0 Å². The molecule has 9 nitrogen and oxygen atoms in total. The normalized spacial score (nSPS) is 12.9. The van der Waals surface area contributed by atoms with E-state index in [0.29, 0.717) is 11.6 Å². The van der Waals surface area contributed by atoms with E-state index in [2.05, 4.69) is 261 Å². The van der Waals surface area contributed by atoms with Crippen molar-refractivity contribution in [2.75, 3.05) is 10.6 Å². The molecule has 3 aromatic heterocycles. The molecule has 386 valence electrons. The molecule has 0 fully saturated rings. The van der Waals surface area contributed by atoms with Gasteiger partial charge in [0.1, 0.15) is 23.3 Å². The molecule has 0 saturated carbocycles. The fourth-order valence-electron chi connectivity index (χ4n) is 9.22. The zero-order valence-corrected chi connectivity index (χ0v) is 47.8. The molecular formula is C66H77N9. The molecule has 0 aliphatic heterocycles. The van der Waals surface area contributed by atoms with Crippen LogP contribution in [0.3, 0.4) is 0 Å². The van der Waals surface area contributed by atoms with Gasteiger partial charge in [-0.3, -0.25) is 0 Å². The Labute approximate surface area is 446 Å². The molecule has 0 amide bonds. The van der Waals surface area contributed by atoms with Gasteiger partial charge in [0, 0.05) is 66.2 Å². The summed E-state index contributed by atoms with van der Waals surface area (Å²) in [7, 11) is 0. The van der Waals surface area contributed by atoms with Gasteiger partial charge in [0.25, 0.3) is 0 Å². The zero-order chi connectivity index (χ0) is 54.2. The lowest BCUT2D eigenvalue weighted by Gasteiger charge is -2.25. The lowest BCUT2D eigenvalue weighted by atomic mass is 9.82. The van der Waals surface area contributed by atoms with Gasteiger partial charge in [0.15, 0.2) is 11.6 Å². The van der Waals surface area contributed by atoms with E-state index >= 15 is 0 Å². The van der Waals surface area contributed by atoms with Crippen molar-refractivity contribution in [1.82, 2.24) is 34.5 Å². The van der Waals surface area contributed by atoms with Gasteiger partial charge in [-0.05, 0) is 100 Å². The van der Waals surface area contributed by atoms with E-state index in [0.717, 1.165) is 90.4 Å². The highest BCUT2D eigenvalue weighted by Crippen LogP contribution is 2.47. The summed E-state index contributed by atoms with van der Waals surface area (Å²) in [6.45, 7) is 39.8. The molecule has 9 aromatic rings. The molecule has 3 heterocycles. The maximum absolute atomic E-state index is 5.44. The number of rotatable bonds is 8. The standard InChI is InChI=1S/C66H77N9/c1-61(2,3)41-30-33-52-47(36-41)49-38-42(62(4,5)6)37-48(54(49)75(52)53-34-31-45(67-43-25-21-19-22-26-43)39-51(53)68-44-27-23-20-24-28-44)46-32-29-40(55-69-57(63(7,8)9)73-58(70-55)64(10,11)12)35-50(46)56-71-59(65(13,14)15)74-60(72-56)66(16,17)18/h19-39,67-68H,1-18H3. The van der Waals surface area contributed by atoms with Gasteiger partial charge >= 0.3 is 0 Å². The van der Waals surface area contributed by atoms with Crippen LogP contribution >= 0.6 is 0 Å². The quantitative estimate of drug-likeness (QED) is 0.155. The van der Waals surface area contributed by atoms with E-state index in [4.69, 9.17) is 29.9 Å². The number of nitrogens with zero attached hydrogens (tertiary/aromatic N) is 7. The van der Waals surface area contributed by atoms with Gasteiger partial charge in [0.2, 0.25) is 0 Å². The van der Waals surface area contributed by atoms with Crippen molar-refractivity contribution < 1.29 is 0 Å². The Hall–Kier alpha value is -7.26. The zero-order valence-electron chi connectivity index (χ0n) is 47.8. The predicted octanol–water partition coefficient (Wildman–Crippen LogP) is 17.4. The van der Waals surface area contributed by atoms with Crippen LogP contribution in [0.15, 0.2) is 127 Å². The van der Waals surface area contributed by atoms with Gasteiger partial charge in [0.05, 0.1) is 22.4 Å². The van der Waals surface area contributed by atoms with E-state index in [1.54, 1.807) is 0 Å². The molecule has 0 radical (unpaired) electrons. The summed E-state index contributed by atoms with van der Waals surface area (Å²) >= 11 is 0. The van der Waals surface area contributed by atoms with Gasteiger partial charge < -0.3 is 15.2 Å². The first-order valence-corrected chi connectivity index (χ1v) is 26.5. The smallest absolute Gasteiger partial charge is 0.164 e. The van der Waals surface area contributed by atoms with Crippen LogP contribution in [-0.2, 0) is 32.5 Å². The van der Waals surface area contributed by atoms with Crippen molar-refractivity contribution >= 4 is 44.6 Å². The van der Waals surface area contributed by atoms with Gasteiger partial charge in [-0.15, -0.1) is 0 Å². The van der Waals surface area contributed by atoms with Crippen molar-refractivity contribution in [3.05, 3.63) is 162 Å². The van der Waals surface area contributed by atoms with Crippen molar-refractivity contribution in [3.8, 4) is 39.6 Å². The molecule has 75 heavy (non-hydrogen) atoms. The molecule has 0 atom stereocenters. The number of anilines is 4. The van der Waals surface area contributed by atoms with Crippen LogP contribution < -0.4 is 10.6 Å². The molecule has 0 saturated heterocycles. The third-order valence-corrected chi connectivity index (χ3v) is 13.7. The SMILES string of the molecule is CC(C)(C)c1ccc2c(c1)c1cc(C(C)(C)C)cc(-c3ccc(-c4nc(C(C)(C)C)nc(C(C)(C)C)n4)cc3-c3nc(C(C)(C)C)nc(C(C)(C)C)n3)c1n2-c1ccc(Nc2ccccc2)cc1Nc1ccccc1. The molecule has 0 aliphatic carbocycles. The Balaban J connectivity index is 1.45. The molecule has 0 unspecified atom stereocenters. The maximum Gasteiger partial charge on any atom is 0.164 e. The molecule has 0 spiro atoms. The second-order valence-electron chi connectivity index (χ2n) is 26.6. The molecular weight excluding hydrogens is 919 g/mol. The first-order valence-electron chi connectivity index (χ1n) is 26.5. The number of hydrogen-bond acceptors (Lipinski definition) is 8. The van der Waals surface area contributed by atoms with Crippen LogP contribution in [0.2, 0.25) is 0 Å². The number of aromatic nitrogens is 7. The number of nitrogens with one attached hydrogen (secondary N) is 2. The van der Waals surface area contributed by atoms with E-state index < -0.39 is 0 Å². The van der Waals surface area contributed by atoms with Crippen LogP contribution in [0.25, 0.3) is 61.4 Å². The minimum absolute atomic E-state index is 0.0934. The minimum Gasteiger partial charge on any atom is -0.355 e. The van der Waals surface area contributed by atoms with Crippen LogP contribution in [0.1, 0.15) is 159 Å². The lowest BCUT2D eigenvalue weighted by molar-refractivity contribution is 0.497. The van der Waals surface area contributed by atoms with Crippen molar-refractivity contribution in [2.24, 2.45) is 0 Å². The summed E-state index contributed by atoms with van der Waals surface area (Å²) < 4.78 is 2.47. The number of fused-ring (bicyclic) bond motifs is 3. The van der Waals surface area contributed by atoms with Crippen molar-refractivity contribution in [2.45, 2.75) is 157 Å². The summed E-state index contributed by atoms with van der Waals surface area (Å²) in [6, 6.07) is 45.9. The highest BCUT2D eigenvalue weighted by atomic mass is 15.1. The Morgan fingerprint density at radius 1 is 0.347 bits per heavy atom. The number of benzene rings is 6. The Kier molecular flexibility index (Phi) is 13.2. The summed E-state index contributed by atoms with van der Waals surface area (Å²) in [5, 5.41) is 9.89. The van der Waals surface area contributed by atoms with Gasteiger partial charge in [-0.2, -0.15) is 0 Å². The summed E-state index contributed by atoms with van der Waals surface area (Å²) in [5.74, 6) is 4.18. The average molecular weight is 996 g/mol. The third kappa shape index (κ3) is 11.0. The molecule has 0 aliphatic rings. The lowest BCUT2D eigenvalue weighted by Crippen LogP contribution is -2.24. The fourth-order valence-corrected chi connectivity index (χ4v) is 9.22. The summed E-state index contributed by atoms with van der Waals surface area (Å²) in [4.78, 5) is 31.6. The highest BCUT2D eigenvalue weighted by Gasteiger charge is 2.31. The molecule has 0 bridgehead atoms. The Bertz CT molecular complexity index is 3520. The number of hydrogen-bond donors (Lipinski definition) is 2. The van der Waals surface area contributed by atoms with Crippen LogP contribution in [0.4, 0.5) is 22.7 Å². The highest BCUT2D eigenvalue weighted by molar-refractivity contribution is 6.15. The predicted molar refractivity (Wildman–Crippen MR) is 316 cm³/mol.